The van der Waals surface area contributed by atoms with Gasteiger partial charge in [-0.25, -0.2) is 0 Å². The first kappa shape index (κ1) is 26.1. The number of allylic oxidation sites excluding steroid dienone is 2. The number of aliphatic hydroxyl groups excluding tert-OH is 1. The molecule has 0 saturated heterocycles. The molecule has 0 amide bonds. The molecule has 1 atom stereocenters. The normalized spacial score (nSPS) is 18.6. The molecule has 33 heavy (non-hydrogen) atoms. The minimum absolute atomic E-state index is 0.117. The minimum atomic E-state index is -1.50. The van der Waals surface area contributed by atoms with Gasteiger partial charge in [-0.1, -0.05) is 13.8 Å². The van der Waals surface area contributed by atoms with Crippen molar-refractivity contribution in [2.75, 3.05) is 0 Å². The Kier molecular flexibility index (Phi) is 6.58. The number of ketones is 4. The zero-order valence-corrected chi connectivity index (χ0v) is 20.3. The number of phenols is 3. The van der Waals surface area contributed by atoms with Crippen LogP contribution in [-0.2, 0) is 9.59 Å². The fraction of sp³-hybridized carbons (Fsp3) is 0.520. The summed E-state index contributed by atoms with van der Waals surface area (Å²) in [4.78, 5) is 50.9. The van der Waals surface area contributed by atoms with Crippen LogP contribution in [-0.4, -0.2) is 43.6 Å². The summed E-state index contributed by atoms with van der Waals surface area (Å²) < 4.78 is 0. The third kappa shape index (κ3) is 3.92. The van der Waals surface area contributed by atoms with Crippen LogP contribution in [0.15, 0.2) is 11.3 Å². The highest BCUT2D eigenvalue weighted by atomic mass is 16.3. The maximum Gasteiger partial charge on any atom is 0.175 e. The Labute approximate surface area is 192 Å². The molecular formula is C25H32O8. The van der Waals surface area contributed by atoms with Crippen molar-refractivity contribution in [2.45, 2.75) is 67.7 Å². The largest absolute Gasteiger partial charge is 0.511 e. The first-order chi connectivity index (χ1) is 14.9. The van der Waals surface area contributed by atoms with Crippen molar-refractivity contribution in [3.63, 3.8) is 0 Å². The molecule has 0 spiro atoms. The number of carbonyl (C=O) groups is 4. The molecular weight excluding hydrogens is 428 g/mol. The van der Waals surface area contributed by atoms with Crippen molar-refractivity contribution in [2.24, 2.45) is 16.7 Å². The van der Waals surface area contributed by atoms with Crippen molar-refractivity contribution in [1.29, 1.82) is 0 Å². The zero-order valence-electron chi connectivity index (χ0n) is 20.3. The van der Waals surface area contributed by atoms with Crippen LogP contribution in [0.5, 0.6) is 17.2 Å². The monoisotopic (exact) mass is 460 g/mol. The van der Waals surface area contributed by atoms with E-state index in [-0.39, 0.29) is 23.5 Å². The number of hydrogen-bond donors (Lipinski definition) is 4. The Morgan fingerprint density at radius 3 is 1.58 bits per heavy atom. The highest BCUT2D eigenvalue weighted by Crippen LogP contribution is 2.53. The van der Waals surface area contributed by atoms with E-state index in [1.165, 1.54) is 27.7 Å². The van der Waals surface area contributed by atoms with Crippen LogP contribution in [0, 0.1) is 16.7 Å². The van der Waals surface area contributed by atoms with Gasteiger partial charge in [0.15, 0.2) is 23.1 Å². The number of Topliss-reactive ketones (excluding diaryl/α,β-unsaturated/α-hetero) is 4. The number of aliphatic hydroxyl groups is 1. The van der Waals surface area contributed by atoms with Crippen LogP contribution in [0.1, 0.15) is 94.0 Å². The van der Waals surface area contributed by atoms with Gasteiger partial charge in [-0.2, -0.15) is 0 Å². The molecule has 0 fully saturated rings. The molecule has 8 nitrogen and oxygen atoms in total. The van der Waals surface area contributed by atoms with E-state index in [1.54, 1.807) is 0 Å². The van der Waals surface area contributed by atoms with Gasteiger partial charge in [0.25, 0.3) is 0 Å². The Bertz CT molecular complexity index is 1060. The number of hydrogen-bond acceptors (Lipinski definition) is 8. The van der Waals surface area contributed by atoms with E-state index in [4.69, 9.17) is 0 Å². The molecule has 180 valence electrons. The summed E-state index contributed by atoms with van der Waals surface area (Å²) in [5.74, 6) is -6.93. The van der Waals surface area contributed by atoms with E-state index >= 15 is 0 Å². The Hall–Kier alpha value is -3.16. The minimum Gasteiger partial charge on any atom is -0.511 e. The van der Waals surface area contributed by atoms with Crippen LogP contribution in [0.3, 0.4) is 0 Å². The maximum absolute atomic E-state index is 13.5. The van der Waals surface area contributed by atoms with Gasteiger partial charge in [-0.3, -0.25) is 19.2 Å². The number of carbonyl (C=O) groups excluding carboxylic acids is 4. The average molecular weight is 461 g/mol. The summed E-state index contributed by atoms with van der Waals surface area (Å²) in [5.41, 5.74) is -4.59. The third-order valence-electron chi connectivity index (χ3n) is 6.36. The number of phenolic OH excluding ortho intramolecular Hbond substituents is 3. The lowest BCUT2D eigenvalue weighted by Crippen LogP contribution is -2.49. The van der Waals surface area contributed by atoms with E-state index in [0.29, 0.717) is 0 Å². The topological polar surface area (TPSA) is 149 Å². The SMILES string of the molecule is CC(=O)c1c(O)c(C(C)=O)c(O)c(C(CC(C)C)C2=C(O)C(C)(C)C(=O)C(C)(C)C2=O)c1O. The fourth-order valence-electron chi connectivity index (χ4n) is 4.68. The second kappa shape index (κ2) is 8.32. The van der Waals surface area contributed by atoms with Gasteiger partial charge in [0.2, 0.25) is 0 Å². The lowest BCUT2D eigenvalue weighted by Gasteiger charge is -2.41. The predicted octanol–water partition coefficient (Wildman–Crippen LogP) is 4.35. The fourth-order valence-corrected chi connectivity index (χ4v) is 4.68. The molecule has 0 saturated carbocycles. The van der Waals surface area contributed by atoms with Crippen LogP contribution in [0.4, 0.5) is 0 Å². The number of rotatable bonds is 6. The zero-order chi connectivity index (χ0) is 25.8. The predicted molar refractivity (Wildman–Crippen MR) is 121 cm³/mol. The summed E-state index contributed by atoms with van der Waals surface area (Å²) in [7, 11) is 0. The summed E-state index contributed by atoms with van der Waals surface area (Å²) in [6.07, 6.45) is 0.117. The van der Waals surface area contributed by atoms with Gasteiger partial charge < -0.3 is 20.4 Å². The summed E-state index contributed by atoms with van der Waals surface area (Å²) in [6.45, 7) is 11.6. The van der Waals surface area contributed by atoms with Crippen molar-refractivity contribution < 1.29 is 39.6 Å². The average Bonchev–Trinajstić information content (AvgIpc) is 2.64. The van der Waals surface area contributed by atoms with Gasteiger partial charge in [0, 0.05) is 17.1 Å². The highest BCUT2D eigenvalue weighted by molar-refractivity contribution is 6.19. The molecule has 1 unspecified atom stereocenters. The molecule has 2 rings (SSSR count). The molecule has 0 heterocycles. The molecule has 8 heteroatoms. The lowest BCUT2D eigenvalue weighted by molar-refractivity contribution is -0.144. The van der Waals surface area contributed by atoms with E-state index in [0.717, 1.165) is 13.8 Å². The number of benzene rings is 1. The van der Waals surface area contributed by atoms with E-state index in [1.807, 2.05) is 13.8 Å². The standard InChI is InChI=1S/C25H32O8/c1-10(2)9-13(17-21(31)24(5,6)23(33)25(7,8)22(17)32)16-19(29)14(11(3)26)18(28)15(12(4)27)20(16)30/h10,13,28-31H,9H2,1-8H3. The van der Waals surface area contributed by atoms with Crippen LogP contribution < -0.4 is 0 Å². The molecule has 1 aliphatic rings. The second-order valence-corrected chi connectivity index (χ2v) is 10.2. The third-order valence-corrected chi connectivity index (χ3v) is 6.36. The molecule has 0 radical (unpaired) electrons. The van der Waals surface area contributed by atoms with Gasteiger partial charge >= 0.3 is 0 Å². The van der Waals surface area contributed by atoms with Crippen molar-refractivity contribution in [1.82, 2.24) is 0 Å². The van der Waals surface area contributed by atoms with Crippen molar-refractivity contribution >= 4 is 23.1 Å². The van der Waals surface area contributed by atoms with Crippen LogP contribution in [0.2, 0.25) is 0 Å². The van der Waals surface area contributed by atoms with E-state index in [9.17, 15) is 39.6 Å². The molecule has 1 aromatic rings. The highest BCUT2D eigenvalue weighted by Gasteiger charge is 2.55. The second-order valence-electron chi connectivity index (χ2n) is 10.2. The summed E-state index contributed by atoms with van der Waals surface area (Å²) >= 11 is 0. The quantitative estimate of drug-likeness (QED) is 0.361. The molecule has 4 N–H and O–H groups in total. The first-order valence-electron chi connectivity index (χ1n) is 10.8. The Morgan fingerprint density at radius 1 is 0.788 bits per heavy atom. The molecule has 0 aromatic heterocycles. The smallest absolute Gasteiger partial charge is 0.175 e. The van der Waals surface area contributed by atoms with Gasteiger partial charge in [-0.15, -0.1) is 0 Å². The van der Waals surface area contributed by atoms with Crippen LogP contribution >= 0.6 is 0 Å². The Balaban J connectivity index is 3.09. The van der Waals surface area contributed by atoms with Gasteiger partial charge in [0.1, 0.15) is 34.1 Å². The Morgan fingerprint density at radius 2 is 1.21 bits per heavy atom. The summed E-state index contributed by atoms with van der Waals surface area (Å²) in [6, 6.07) is 0. The van der Waals surface area contributed by atoms with Crippen molar-refractivity contribution in [3.05, 3.63) is 28.0 Å². The van der Waals surface area contributed by atoms with Gasteiger partial charge in [0.05, 0.1) is 10.8 Å². The van der Waals surface area contributed by atoms with Crippen molar-refractivity contribution in [3.8, 4) is 17.2 Å². The van der Waals surface area contributed by atoms with E-state index < -0.39 is 74.0 Å². The van der Waals surface area contributed by atoms with Gasteiger partial charge in [-0.05, 0) is 53.9 Å². The van der Waals surface area contributed by atoms with Crippen LogP contribution in [0.25, 0.3) is 0 Å². The molecule has 1 aliphatic carbocycles. The van der Waals surface area contributed by atoms with E-state index in [2.05, 4.69) is 0 Å². The summed E-state index contributed by atoms with van der Waals surface area (Å²) in [5, 5.41) is 43.5. The first-order valence-corrected chi connectivity index (χ1v) is 10.8. The maximum atomic E-state index is 13.5. The molecule has 0 bridgehead atoms. The molecule has 0 aliphatic heterocycles. The lowest BCUT2D eigenvalue weighted by atomic mass is 9.60. The number of aromatic hydroxyl groups is 3. The molecule has 1 aromatic carbocycles.